The van der Waals surface area contributed by atoms with Gasteiger partial charge in [0.15, 0.2) is 0 Å². The number of fused-ring (bicyclic) bond motifs is 1. The van der Waals surface area contributed by atoms with Gasteiger partial charge in [0.2, 0.25) is 0 Å². The van der Waals surface area contributed by atoms with Gasteiger partial charge in [-0.1, -0.05) is 19.9 Å². The first-order valence-electron chi connectivity index (χ1n) is 6.95. The lowest BCUT2D eigenvalue weighted by Crippen LogP contribution is -2.18. The lowest BCUT2D eigenvalue weighted by atomic mass is 10.1. The number of benzene rings is 1. The quantitative estimate of drug-likeness (QED) is 0.823. The maximum absolute atomic E-state index is 11.3. The van der Waals surface area contributed by atoms with Gasteiger partial charge in [-0.3, -0.25) is 4.79 Å². The standard InChI is InChI=1S/C16H22N2O2/c1-12(2)9-17-10-13-4-5-15-14(8-13)6-7-18(15)11-16(19)20-3/h4-8,12,17H,9-11H2,1-3H3. The number of hydrogen-bond acceptors (Lipinski definition) is 3. The second kappa shape index (κ2) is 6.57. The molecular weight excluding hydrogens is 252 g/mol. The summed E-state index contributed by atoms with van der Waals surface area (Å²) in [6.45, 7) is 6.54. The van der Waals surface area contributed by atoms with Gasteiger partial charge in [0.25, 0.3) is 0 Å². The fraction of sp³-hybridized carbons (Fsp3) is 0.438. The summed E-state index contributed by atoms with van der Waals surface area (Å²) in [5, 5.41) is 4.58. The molecule has 0 saturated heterocycles. The number of aromatic nitrogens is 1. The van der Waals surface area contributed by atoms with Crippen LogP contribution in [0.2, 0.25) is 0 Å². The summed E-state index contributed by atoms with van der Waals surface area (Å²) in [6, 6.07) is 8.36. The third kappa shape index (κ3) is 3.61. The molecule has 0 unspecified atom stereocenters. The number of hydrogen-bond donors (Lipinski definition) is 1. The van der Waals surface area contributed by atoms with E-state index in [1.54, 1.807) is 0 Å². The van der Waals surface area contributed by atoms with Crippen molar-refractivity contribution in [3.63, 3.8) is 0 Å². The highest BCUT2D eigenvalue weighted by Gasteiger charge is 2.06. The van der Waals surface area contributed by atoms with Gasteiger partial charge in [-0.05, 0) is 41.6 Å². The first-order valence-corrected chi connectivity index (χ1v) is 6.95. The molecule has 4 heteroatoms. The Morgan fingerprint density at radius 2 is 2.15 bits per heavy atom. The van der Waals surface area contributed by atoms with E-state index in [4.69, 9.17) is 4.74 Å². The molecule has 0 aliphatic carbocycles. The normalized spacial score (nSPS) is 11.2. The SMILES string of the molecule is COC(=O)Cn1ccc2cc(CNCC(C)C)ccc21. The monoisotopic (exact) mass is 274 g/mol. The minimum Gasteiger partial charge on any atom is -0.468 e. The van der Waals surface area contributed by atoms with Crippen LogP contribution in [-0.4, -0.2) is 24.2 Å². The summed E-state index contributed by atoms with van der Waals surface area (Å²) < 4.78 is 6.61. The lowest BCUT2D eigenvalue weighted by Gasteiger charge is -2.08. The number of nitrogens with zero attached hydrogens (tertiary/aromatic N) is 1. The molecule has 0 amide bonds. The summed E-state index contributed by atoms with van der Waals surface area (Å²) in [5.74, 6) is 0.421. The third-order valence-corrected chi connectivity index (χ3v) is 3.24. The Labute approximate surface area is 119 Å². The minimum absolute atomic E-state index is 0.231. The van der Waals surface area contributed by atoms with E-state index in [2.05, 4.69) is 37.4 Å². The predicted octanol–water partition coefficient (Wildman–Crippen LogP) is 2.56. The van der Waals surface area contributed by atoms with E-state index < -0.39 is 0 Å². The van der Waals surface area contributed by atoms with E-state index in [0.717, 1.165) is 24.0 Å². The molecule has 2 aromatic rings. The second-order valence-electron chi connectivity index (χ2n) is 5.44. The Bertz CT molecular complexity index is 587. The van der Waals surface area contributed by atoms with Gasteiger partial charge in [-0.25, -0.2) is 0 Å². The van der Waals surface area contributed by atoms with E-state index in [9.17, 15) is 4.79 Å². The first kappa shape index (κ1) is 14.6. The van der Waals surface area contributed by atoms with Gasteiger partial charge in [0.05, 0.1) is 7.11 Å². The Kier molecular flexibility index (Phi) is 4.79. The van der Waals surface area contributed by atoms with Gasteiger partial charge in [0, 0.05) is 18.3 Å². The highest BCUT2D eigenvalue weighted by atomic mass is 16.5. The van der Waals surface area contributed by atoms with E-state index in [1.165, 1.54) is 12.7 Å². The zero-order valence-corrected chi connectivity index (χ0v) is 12.3. The maximum atomic E-state index is 11.3. The Balaban J connectivity index is 2.09. The number of ether oxygens (including phenoxy) is 1. The Morgan fingerprint density at radius 1 is 1.35 bits per heavy atom. The first-order chi connectivity index (χ1) is 9.60. The van der Waals surface area contributed by atoms with Gasteiger partial charge in [-0.2, -0.15) is 0 Å². The molecule has 1 aromatic heterocycles. The Hall–Kier alpha value is -1.81. The number of carbonyl (C=O) groups is 1. The fourth-order valence-electron chi connectivity index (χ4n) is 2.21. The summed E-state index contributed by atoms with van der Waals surface area (Å²) in [5.41, 5.74) is 2.32. The number of esters is 1. The van der Waals surface area contributed by atoms with Crippen LogP contribution in [0.5, 0.6) is 0 Å². The highest BCUT2D eigenvalue weighted by molar-refractivity contribution is 5.82. The molecule has 20 heavy (non-hydrogen) atoms. The molecule has 2 rings (SSSR count). The summed E-state index contributed by atoms with van der Waals surface area (Å²) in [7, 11) is 1.41. The predicted molar refractivity (Wildman–Crippen MR) is 80.5 cm³/mol. The van der Waals surface area contributed by atoms with Crippen molar-refractivity contribution in [3.05, 3.63) is 36.0 Å². The van der Waals surface area contributed by atoms with E-state index in [1.807, 2.05) is 16.8 Å². The van der Waals surface area contributed by atoms with Crippen molar-refractivity contribution in [3.8, 4) is 0 Å². The number of methoxy groups -OCH3 is 1. The average Bonchev–Trinajstić information content (AvgIpc) is 2.81. The van der Waals surface area contributed by atoms with Crippen molar-refractivity contribution >= 4 is 16.9 Å². The zero-order valence-electron chi connectivity index (χ0n) is 12.3. The number of nitrogens with one attached hydrogen (secondary N) is 1. The largest absolute Gasteiger partial charge is 0.468 e. The van der Waals surface area contributed by atoms with Gasteiger partial charge < -0.3 is 14.6 Å². The van der Waals surface area contributed by atoms with Crippen LogP contribution in [0.1, 0.15) is 19.4 Å². The molecule has 0 bridgehead atoms. The van der Waals surface area contributed by atoms with Crippen LogP contribution in [0.25, 0.3) is 10.9 Å². The van der Waals surface area contributed by atoms with Gasteiger partial charge in [0.1, 0.15) is 6.54 Å². The van der Waals surface area contributed by atoms with Crippen LogP contribution in [0.3, 0.4) is 0 Å². The van der Waals surface area contributed by atoms with E-state index in [0.29, 0.717) is 5.92 Å². The van der Waals surface area contributed by atoms with Crippen molar-refractivity contribution in [2.45, 2.75) is 26.9 Å². The van der Waals surface area contributed by atoms with Crippen LogP contribution in [0.4, 0.5) is 0 Å². The average molecular weight is 274 g/mol. The molecule has 0 atom stereocenters. The minimum atomic E-state index is -0.231. The highest BCUT2D eigenvalue weighted by Crippen LogP contribution is 2.18. The molecule has 0 radical (unpaired) electrons. The van der Waals surface area contributed by atoms with Gasteiger partial charge in [-0.15, -0.1) is 0 Å². The zero-order chi connectivity index (χ0) is 14.5. The maximum Gasteiger partial charge on any atom is 0.325 e. The van der Waals surface area contributed by atoms with Crippen LogP contribution in [0, 0.1) is 5.92 Å². The molecule has 1 aromatic carbocycles. The van der Waals surface area contributed by atoms with Crippen LogP contribution in [0.15, 0.2) is 30.5 Å². The van der Waals surface area contributed by atoms with Gasteiger partial charge >= 0.3 is 5.97 Å². The molecule has 0 aliphatic rings. The molecule has 0 spiro atoms. The molecule has 1 heterocycles. The second-order valence-corrected chi connectivity index (χ2v) is 5.44. The van der Waals surface area contributed by atoms with Crippen molar-refractivity contribution in [2.24, 2.45) is 5.92 Å². The van der Waals surface area contributed by atoms with E-state index in [-0.39, 0.29) is 12.5 Å². The summed E-state index contributed by atoms with van der Waals surface area (Å²) in [4.78, 5) is 11.3. The molecule has 1 N–H and O–H groups in total. The molecule has 0 saturated carbocycles. The van der Waals surface area contributed by atoms with Crippen LogP contribution >= 0.6 is 0 Å². The topological polar surface area (TPSA) is 43.3 Å². The molecule has 4 nitrogen and oxygen atoms in total. The number of carbonyl (C=O) groups excluding carboxylic acids is 1. The molecular formula is C16H22N2O2. The lowest BCUT2D eigenvalue weighted by molar-refractivity contribution is -0.141. The summed E-state index contributed by atoms with van der Waals surface area (Å²) in [6.07, 6.45) is 1.92. The fourth-order valence-corrected chi connectivity index (χ4v) is 2.21. The molecule has 0 fully saturated rings. The van der Waals surface area contributed by atoms with Crippen molar-refractivity contribution in [2.75, 3.05) is 13.7 Å². The summed E-state index contributed by atoms with van der Waals surface area (Å²) >= 11 is 0. The van der Waals surface area contributed by atoms with Crippen molar-refractivity contribution in [1.29, 1.82) is 0 Å². The van der Waals surface area contributed by atoms with E-state index >= 15 is 0 Å². The van der Waals surface area contributed by atoms with Crippen LogP contribution in [-0.2, 0) is 22.6 Å². The molecule has 0 aliphatic heterocycles. The van der Waals surface area contributed by atoms with Crippen LogP contribution < -0.4 is 5.32 Å². The Morgan fingerprint density at radius 3 is 2.85 bits per heavy atom. The third-order valence-electron chi connectivity index (χ3n) is 3.24. The number of rotatable bonds is 6. The molecule has 108 valence electrons. The smallest absolute Gasteiger partial charge is 0.325 e. The van der Waals surface area contributed by atoms with Crippen molar-refractivity contribution in [1.82, 2.24) is 9.88 Å². The van der Waals surface area contributed by atoms with Crippen molar-refractivity contribution < 1.29 is 9.53 Å².